The standard InChI is InChI=1S/C27H26F8N2O4S2/c28-19-3-5-20(6-4-19)43(40,41)24-11-12-37(23(38)16-9-13-42(36,39)14-10-16)22(24)8-1-17-15-18(2-7-21(17)24)25(29,26(30,31)32)27(33,34)35/h2-7,15-16,22,36H,1,8-14H2/t16?,22-,24-,42?/m1/s1. The molecule has 2 aromatic rings. The molecule has 1 N–H and O–H groups in total. The van der Waals surface area contributed by atoms with Crippen molar-refractivity contribution < 1.29 is 52.5 Å². The molecule has 2 aromatic carbocycles. The van der Waals surface area contributed by atoms with Gasteiger partial charge in [-0.15, -0.1) is 0 Å². The van der Waals surface area contributed by atoms with E-state index >= 15 is 0 Å². The van der Waals surface area contributed by atoms with Crippen molar-refractivity contribution >= 4 is 25.5 Å². The number of nitrogens with zero attached hydrogens (tertiary/aromatic N) is 1. The molecular formula is C27H26F8N2O4S2. The van der Waals surface area contributed by atoms with Gasteiger partial charge in [-0.1, -0.05) is 18.2 Å². The second-order valence-corrected chi connectivity index (χ2v) is 15.9. The normalized spacial score (nSPS) is 28.3. The van der Waals surface area contributed by atoms with Crippen molar-refractivity contribution in [3.63, 3.8) is 0 Å². The summed E-state index contributed by atoms with van der Waals surface area (Å²) < 4.78 is 156. The summed E-state index contributed by atoms with van der Waals surface area (Å²) in [5.41, 5.74) is -7.86. The molecule has 5 rings (SSSR count). The molecule has 1 amide bonds. The maximum absolute atomic E-state index is 14.9. The predicted octanol–water partition coefficient (Wildman–Crippen LogP) is 5.79. The first-order valence-corrected chi connectivity index (χ1v) is 16.7. The molecular weight excluding hydrogens is 632 g/mol. The number of benzene rings is 2. The molecule has 16 heteroatoms. The molecule has 1 aliphatic carbocycles. The number of likely N-dealkylation sites (tertiary alicyclic amines) is 1. The first-order chi connectivity index (χ1) is 19.8. The largest absolute Gasteiger partial charge is 0.435 e. The summed E-state index contributed by atoms with van der Waals surface area (Å²) in [6.07, 6.45) is -13.2. The highest BCUT2D eigenvalue weighted by Gasteiger charge is 2.74. The number of carbonyl (C=O) groups excluding carboxylic acids is 1. The van der Waals surface area contributed by atoms with Crippen LogP contribution < -0.4 is 0 Å². The summed E-state index contributed by atoms with van der Waals surface area (Å²) in [4.78, 5) is 14.6. The van der Waals surface area contributed by atoms with Crippen LogP contribution >= 0.6 is 0 Å². The number of aryl methyl sites for hydroxylation is 1. The molecule has 236 valence electrons. The van der Waals surface area contributed by atoms with Gasteiger partial charge in [-0.3, -0.25) is 9.57 Å². The van der Waals surface area contributed by atoms with Gasteiger partial charge in [0.2, 0.25) is 5.91 Å². The molecule has 0 aromatic heterocycles. The maximum Gasteiger partial charge on any atom is 0.435 e. The number of rotatable bonds is 4. The van der Waals surface area contributed by atoms with Crippen LogP contribution in [0.15, 0.2) is 47.4 Å². The van der Waals surface area contributed by atoms with Crippen LogP contribution in [0.5, 0.6) is 0 Å². The summed E-state index contributed by atoms with van der Waals surface area (Å²) in [6, 6.07) is 4.06. The third kappa shape index (κ3) is 4.82. The highest BCUT2D eigenvalue weighted by atomic mass is 32.2. The molecule has 2 atom stereocenters. The average Bonchev–Trinajstić information content (AvgIpc) is 3.32. The van der Waals surface area contributed by atoms with E-state index < -0.39 is 71.6 Å². The quantitative estimate of drug-likeness (QED) is 0.333. The van der Waals surface area contributed by atoms with Gasteiger partial charge in [-0.25, -0.2) is 21.4 Å². The van der Waals surface area contributed by atoms with E-state index in [2.05, 4.69) is 0 Å². The lowest BCUT2D eigenvalue weighted by molar-refractivity contribution is -0.348. The summed E-state index contributed by atoms with van der Waals surface area (Å²) in [7, 11) is -7.42. The number of nitrogens with one attached hydrogen (secondary N) is 1. The lowest BCUT2D eigenvalue weighted by Gasteiger charge is -2.43. The number of halogens is 8. The molecule has 6 nitrogen and oxygen atoms in total. The summed E-state index contributed by atoms with van der Waals surface area (Å²) >= 11 is 0. The molecule has 2 saturated heterocycles. The van der Waals surface area contributed by atoms with E-state index in [9.17, 15) is 52.5 Å². The molecule has 0 saturated carbocycles. The monoisotopic (exact) mass is 658 g/mol. The van der Waals surface area contributed by atoms with Gasteiger partial charge >= 0.3 is 18.0 Å². The number of amides is 1. The minimum Gasteiger partial charge on any atom is -0.337 e. The Morgan fingerprint density at radius 2 is 1.51 bits per heavy atom. The van der Waals surface area contributed by atoms with Crippen LogP contribution in [0.4, 0.5) is 35.1 Å². The smallest absolute Gasteiger partial charge is 0.337 e. The first-order valence-electron chi connectivity index (χ1n) is 13.3. The van der Waals surface area contributed by atoms with Gasteiger partial charge in [-0.2, -0.15) is 26.3 Å². The zero-order valence-electron chi connectivity index (χ0n) is 22.3. The number of fused-ring (bicyclic) bond motifs is 3. The summed E-state index contributed by atoms with van der Waals surface area (Å²) in [5.74, 6) is -1.90. The van der Waals surface area contributed by atoms with Crippen molar-refractivity contribution in [3.05, 3.63) is 65.0 Å². The Balaban J connectivity index is 1.65. The predicted molar refractivity (Wildman–Crippen MR) is 138 cm³/mol. The first kappa shape index (κ1) is 31.7. The SMILES string of the molecule is N=S1(=O)CCC(C(=O)N2CC[C@@]3(S(=O)(=O)c4ccc(F)cc4)c4ccc(C(F)(C(F)(F)F)C(F)(F)F)cc4CC[C@@H]23)CC1. The molecule has 0 spiro atoms. The molecule has 3 aliphatic rings. The topological polar surface area (TPSA) is 95.4 Å². The highest BCUT2D eigenvalue weighted by Crippen LogP contribution is 2.57. The van der Waals surface area contributed by atoms with Crippen molar-refractivity contribution in [2.24, 2.45) is 5.92 Å². The fourth-order valence-corrected chi connectivity index (χ4v) is 10.6. The van der Waals surface area contributed by atoms with Gasteiger partial charge in [0.25, 0.3) is 0 Å². The fourth-order valence-electron chi connectivity index (χ4n) is 6.71. The molecule has 0 unspecified atom stereocenters. The van der Waals surface area contributed by atoms with Gasteiger partial charge in [0.15, 0.2) is 9.84 Å². The van der Waals surface area contributed by atoms with Crippen LogP contribution in [0.2, 0.25) is 0 Å². The highest BCUT2D eigenvalue weighted by molar-refractivity contribution is 7.92. The third-order valence-corrected chi connectivity index (χ3v) is 13.2. The summed E-state index contributed by atoms with van der Waals surface area (Å²) in [6.45, 7) is -0.129. The Bertz CT molecular complexity index is 1630. The van der Waals surface area contributed by atoms with E-state index in [4.69, 9.17) is 4.78 Å². The lowest BCUT2D eigenvalue weighted by Crippen LogP contribution is -2.54. The van der Waals surface area contributed by atoms with Crippen molar-refractivity contribution in [2.45, 2.75) is 65.8 Å². The van der Waals surface area contributed by atoms with E-state index in [-0.39, 0.29) is 72.2 Å². The van der Waals surface area contributed by atoms with Crippen molar-refractivity contribution in [1.29, 1.82) is 4.78 Å². The molecule has 0 radical (unpaired) electrons. The third-order valence-electron chi connectivity index (χ3n) is 8.89. The molecule has 2 heterocycles. The van der Waals surface area contributed by atoms with Gasteiger partial charge in [0.05, 0.1) is 10.9 Å². The Morgan fingerprint density at radius 3 is 2.07 bits per heavy atom. The number of hydrogen-bond donors (Lipinski definition) is 1. The number of hydrogen-bond acceptors (Lipinski definition) is 5. The second-order valence-electron chi connectivity index (χ2n) is 11.2. The van der Waals surface area contributed by atoms with Gasteiger partial charge in [0.1, 0.15) is 10.6 Å². The van der Waals surface area contributed by atoms with Gasteiger partial charge in [-0.05, 0) is 67.5 Å². The Labute approximate surface area is 242 Å². The molecule has 2 fully saturated rings. The van der Waals surface area contributed by atoms with Crippen LogP contribution in [-0.2, 0) is 41.2 Å². The number of carbonyl (C=O) groups is 1. The lowest BCUT2D eigenvalue weighted by atomic mass is 9.76. The molecule has 43 heavy (non-hydrogen) atoms. The van der Waals surface area contributed by atoms with E-state index in [0.717, 1.165) is 30.3 Å². The van der Waals surface area contributed by atoms with Gasteiger partial charge < -0.3 is 4.90 Å². The van der Waals surface area contributed by atoms with Crippen LogP contribution in [0.1, 0.15) is 42.4 Å². The zero-order valence-corrected chi connectivity index (χ0v) is 23.9. The van der Waals surface area contributed by atoms with Crippen molar-refractivity contribution in [2.75, 3.05) is 18.1 Å². The van der Waals surface area contributed by atoms with Crippen molar-refractivity contribution in [1.82, 2.24) is 4.90 Å². The molecule has 0 bridgehead atoms. The minimum absolute atomic E-state index is 0.0179. The zero-order chi connectivity index (χ0) is 31.8. The van der Waals surface area contributed by atoms with Crippen LogP contribution in [-0.4, -0.2) is 59.9 Å². The van der Waals surface area contributed by atoms with Crippen LogP contribution in [0.3, 0.4) is 0 Å². The van der Waals surface area contributed by atoms with Gasteiger partial charge in [0, 0.05) is 39.3 Å². The van der Waals surface area contributed by atoms with E-state index in [1.54, 1.807) is 0 Å². The average molecular weight is 659 g/mol. The maximum atomic E-state index is 14.9. The molecule has 2 aliphatic heterocycles. The van der Waals surface area contributed by atoms with E-state index in [0.29, 0.717) is 6.07 Å². The number of alkyl halides is 7. The minimum atomic E-state index is -6.37. The second kappa shape index (κ2) is 10.1. The van der Waals surface area contributed by atoms with E-state index in [1.807, 2.05) is 0 Å². The Morgan fingerprint density at radius 1 is 0.930 bits per heavy atom. The van der Waals surface area contributed by atoms with Crippen LogP contribution in [0, 0.1) is 16.5 Å². The fraction of sp³-hybridized carbons (Fsp3) is 0.519. The Hall–Kier alpha value is -2.75. The van der Waals surface area contributed by atoms with Crippen LogP contribution in [0.25, 0.3) is 0 Å². The van der Waals surface area contributed by atoms with E-state index in [1.165, 1.54) is 4.90 Å². The van der Waals surface area contributed by atoms with Crippen molar-refractivity contribution in [3.8, 4) is 0 Å². The number of sulfone groups is 1. The summed E-state index contributed by atoms with van der Waals surface area (Å²) in [5, 5.41) is 0. The Kier molecular flexibility index (Phi) is 7.47.